The molecule has 2 rings (SSSR count). The van der Waals surface area contributed by atoms with Gasteiger partial charge in [-0.2, -0.15) is 0 Å². The number of hydrogen-bond donors (Lipinski definition) is 1. The van der Waals surface area contributed by atoms with Crippen molar-refractivity contribution in [1.29, 1.82) is 0 Å². The number of likely N-dealkylation sites (tertiary alicyclic amines) is 1. The third-order valence-corrected chi connectivity index (χ3v) is 4.22. The summed E-state index contributed by atoms with van der Waals surface area (Å²) in [5, 5.41) is 3.50. The van der Waals surface area contributed by atoms with Crippen LogP contribution in [0.2, 0.25) is 0 Å². The molecule has 6 nitrogen and oxygen atoms in total. The van der Waals surface area contributed by atoms with E-state index in [2.05, 4.69) is 5.32 Å². The van der Waals surface area contributed by atoms with Crippen molar-refractivity contribution >= 4 is 12.1 Å². The molecule has 1 aliphatic heterocycles. The molecule has 1 amide bonds. The summed E-state index contributed by atoms with van der Waals surface area (Å²) in [6, 6.07) is 0.0772. The average Bonchev–Trinajstić information content (AvgIpc) is 3.27. The molecule has 1 aliphatic carbocycles. The Morgan fingerprint density at radius 3 is 2.48 bits per heavy atom. The first kappa shape index (κ1) is 18.0. The molecule has 1 N–H and O–H groups in total. The fourth-order valence-corrected chi connectivity index (χ4v) is 2.82. The highest BCUT2D eigenvalue weighted by molar-refractivity contribution is 5.75. The molecule has 0 radical (unpaired) electrons. The highest BCUT2D eigenvalue weighted by atomic mass is 16.6. The molecule has 1 saturated heterocycles. The van der Waals surface area contributed by atoms with Gasteiger partial charge in [-0.1, -0.05) is 0 Å². The minimum absolute atomic E-state index is 0.0772. The monoisotopic (exact) mass is 326 g/mol. The summed E-state index contributed by atoms with van der Waals surface area (Å²) < 4.78 is 10.6. The first-order valence-corrected chi connectivity index (χ1v) is 8.68. The summed E-state index contributed by atoms with van der Waals surface area (Å²) in [7, 11) is 0. The maximum absolute atomic E-state index is 12.3. The van der Waals surface area contributed by atoms with Gasteiger partial charge in [0.1, 0.15) is 5.60 Å². The Balaban J connectivity index is 1.96. The largest absolute Gasteiger partial charge is 0.466 e. The zero-order chi connectivity index (χ0) is 17.0. The predicted molar refractivity (Wildman–Crippen MR) is 87.1 cm³/mol. The summed E-state index contributed by atoms with van der Waals surface area (Å²) in [6.45, 7) is 9.61. The van der Waals surface area contributed by atoms with E-state index in [1.165, 1.54) is 12.8 Å². The van der Waals surface area contributed by atoms with Crippen LogP contribution in [0, 0.1) is 11.8 Å². The molecule has 1 heterocycles. The van der Waals surface area contributed by atoms with Crippen molar-refractivity contribution in [2.75, 3.05) is 26.2 Å². The van der Waals surface area contributed by atoms with Crippen LogP contribution in [0.25, 0.3) is 0 Å². The van der Waals surface area contributed by atoms with Crippen molar-refractivity contribution in [2.45, 2.75) is 58.6 Å². The van der Waals surface area contributed by atoms with Crippen LogP contribution in [0.1, 0.15) is 47.0 Å². The van der Waals surface area contributed by atoms with Crippen LogP contribution in [0.15, 0.2) is 0 Å². The minimum atomic E-state index is -0.530. The topological polar surface area (TPSA) is 67.9 Å². The fraction of sp³-hybridized carbons (Fsp3) is 0.882. The third-order valence-electron chi connectivity index (χ3n) is 4.22. The van der Waals surface area contributed by atoms with Gasteiger partial charge in [-0.15, -0.1) is 0 Å². The van der Waals surface area contributed by atoms with E-state index < -0.39 is 5.60 Å². The number of rotatable bonds is 5. The quantitative estimate of drug-likeness (QED) is 0.784. The Labute approximate surface area is 138 Å². The van der Waals surface area contributed by atoms with Crippen LogP contribution >= 0.6 is 0 Å². The van der Waals surface area contributed by atoms with Gasteiger partial charge in [0.15, 0.2) is 0 Å². The number of carbonyl (C=O) groups excluding carboxylic acids is 2. The summed E-state index contributed by atoms with van der Waals surface area (Å²) in [4.78, 5) is 26.2. The molecule has 23 heavy (non-hydrogen) atoms. The number of ether oxygens (including phenoxy) is 2. The van der Waals surface area contributed by atoms with Crippen molar-refractivity contribution in [3.63, 3.8) is 0 Å². The Bertz CT molecular complexity index is 429. The SMILES string of the molecule is CCOC(=O)[C@H]1CN(C(=O)OC(C)(C)C)CC[C@H]1NCC1CC1. The molecule has 1 saturated carbocycles. The van der Waals surface area contributed by atoms with E-state index in [1.54, 1.807) is 11.8 Å². The van der Waals surface area contributed by atoms with E-state index in [0.29, 0.717) is 19.7 Å². The van der Waals surface area contributed by atoms with Gasteiger partial charge in [0.05, 0.1) is 12.5 Å². The Morgan fingerprint density at radius 2 is 1.91 bits per heavy atom. The van der Waals surface area contributed by atoms with Crippen LogP contribution in [-0.2, 0) is 14.3 Å². The number of amides is 1. The summed E-state index contributed by atoms with van der Waals surface area (Å²) in [5.41, 5.74) is -0.530. The number of nitrogens with one attached hydrogen (secondary N) is 1. The Morgan fingerprint density at radius 1 is 1.22 bits per heavy atom. The van der Waals surface area contributed by atoms with E-state index in [4.69, 9.17) is 9.47 Å². The molecular weight excluding hydrogens is 296 g/mol. The summed E-state index contributed by atoms with van der Waals surface area (Å²) in [5.74, 6) is 0.200. The zero-order valence-corrected chi connectivity index (χ0v) is 14.8. The lowest BCUT2D eigenvalue weighted by atomic mass is 9.92. The number of hydrogen-bond acceptors (Lipinski definition) is 5. The van der Waals surface area contributed by atoms with Gasteiger partial charge in [-0.05, 0) is 59.4 Å². The summed E-state index contributed by atoms with van der Waals surface area (Å²) >= 11 is 0. The van der Waals surface area contributed by atoms with E-state index in [1.807, 2.05) is 20.8 Å². The predicted octanol–water partition coefficient (Wildman–Crippen LogP) is 2.17. The highest BCUT2D eigenvalue weighted by Gasteiger charge is 2.38. The summed E-state index contributed by atoms with van der Waals surface area (Å²) in [6.07, 6.45) is 2.93. The Hall–Kier alpha value is -1.30. The lowest BCUT2D eigenvalue weighted by molar-refractivity contribution is -0.150. The van der Waals surface area contributed by atoms with Crippen molar-refractivity contribution in [3.8, 4) is 0 Å². The Kier molecular flexibility index (Phi) is 5.89. The molecule has 132 valence electrons. The first-order chi connectivity index (χ1) is 10.8. The van der Waals surface area contributed by atoms with Crippen molar-refractivity contribution in [2.24, 2.45) is 11.8 Å². The van der Waals surface area contributed by atoms with E-state index in [0.717, 1.165) is 18.9 Å². The maximum Gasteiger partial charge on any atom is 0.410 e. The molecule has 0 aromatic carbocycles. The number of esters is 1. The van der Waals surface area contributed by atoms with Crippen molar-refractivity contribution in [3.05, 3.63) is 0 Å². The average molecular weight is 326 g/mol. The number of nitrogens with zero attached hydrogens (tertiary/aromatic N) is 1. The highest BCUT2D eigenvalue weighted by Crippen LogP contribution is 2.29. The van der Waals surface area contributed by atoms with E-state index in [-0.39, 0.29) is 24.0 Å². The van der Waals surface area contributed by atoms with Crippen LogP contribution in [0.5, 0.6) is 0 Å². The first-order valence-electron chi connectivity index (χ1n) is 8.68. The standard InChI is InChI=1S/C17H30N2O4/c1-5-22-15(20)13-11-19(16(21)23-17(2,3)4)9-8-14(13)18-10-12-6-7-12/h12-14,18H,5-11H2,1-4H3/t13-,14+/m0/s1. The molecule has 2 aliphatic rings. The lowest BCUT2D eigenvalue weighted by Gasteiger charge is -2.38. The van der Waals surface area contributed by atoms with Crippen LogP contribution in [0.4, 0.5) is 4.79 Å². The molecule has 0 spiro atoms. The zero-order valence-electron chi connectivity index (χ0n) is 14.8. The maximum atomic E-state index is 12.3. The number of carbonyl (C=O) groups is 2. The smallest absolute Gasteiger partial charge is 0.410 e. The van der Waals surface area contributed by atoms with Gasteiger partial charge in [0.25, 0.3) is 0 Å². The lowest BCUT2D eigenvalue weighted by Crippen LogP contribution is -2.55. The second-order valence-electron chi connectivity index (χ2n) is 7.53. The molecule has 2 atom stereocenters. The van der Waals surface area contributed by atoms with Gasteiger partial charge >= 0.3 is 12.1 Å². The molecular formula is C17H30N2O4. The van der Waals surface area contributed by atoms with Crippen LogP contribution in [-0.4, -0.2) is 54.8 Å². The third kappa shape index (κ3) is 5.68. The second kappa shape index (κ2) is 7.51. The molecule has 0 aromatic heterocycles. The van der Waals surface area contributed by atoms with E-state index in [9.17, 15) is 9.59 Å². The normalized spacial score (nSPS) is 25.1. The van der Waals surface area contributed by atoms with Crippen LogP contribution < -0.4 is 5.32 Å². The minimum Gasteiger partial charge on any atom is -0.466 e. The molecule has 2 fully saturated rings. The van der Waals surface area contributed by atoms with Gasteiger partial charge in [-0.25, -0.2) is 4.79 Å². The fourth-order valence-electron chi connectivity index (χ4n) is 2.82. The number of piperidine rings is 1. The van der Waals surface area contributed by atoms with Gasteiger partial charge in [-0.3, -0.25) is 4.79 Å². The van der Waals surface area contributed by atoms with Crippen LogP contribution in [0.3, 0.4) is 0 Å². The van der Waals surface area contributed by atoms with Gasteiger partial charge in [0, 0.05) is 19.1 Å². The molecule has 6 heteroatoms. The van der Waals surface area contributed by atoms with Gasteiger partial charge in [0.2, 0.25) is 0 Å². The molecule has 0 unspecified atom stereocenters. The second-order valence-corrected chi connectivity index (χ2v) is 7.53. The van der Waals surface area contributed by atoms with Crippen molar-refractivity contribution in [1.82, 2.24) is 10.2 Å². The van der Waals surface area contributed by atoms with Crippen molar-refractivity contribution < 1.29 is 19.1 Å². The van der Waals surface area contributed by atoms with Gasteiger partial charge < -0.3 is 19.7 Å². The molecule has 0 aromatic rings. The molecule has 0 bridgehead atoms. The van der Waals surface area contributed by atoms with E-state index >= 15 is 0 Å².